The van der Waals surface area contributed by atoms with Crippen LogP contribution >= 0.6 is 11.8 Å². The Balaban J connectivity index is 1.99. The van der Waals surface area contributed by atoms with Crippen molar-refractivity contribution in [3.8, 4) is 0 Å². The van der Waals surface area contributed by atoms with Crippen molar-refractivity contribution < 1.29 is 5.11 Å². The summed E-state index contributed by atoms with van der Waals surface area (Å²) in [7, 11) is 2.01. The topological polar surface area (TPSA) is 38.1 Å². The Bertz CT molecular complexity index is 536. The molecular weight excluding hydrogens is 256 g/mol. The first-order valence-electron chi connectivity index (χ1n) is 6.74. The second-order valence-corrected chi connectivity index (χ2v) is 6.44. The van der Waals surface area contributed by atoms with Gasteiger partial charge in [0.25, 0.3) is 0 Å². The first-order chi connectivity index (χ1) is 9.08. The summed E-state index contributed by atoms with van der Waals surface area (Å²) in [5.41, 5.74) is 2.13. The van der Waals surface area contributed by atoms with Gasteiger partial charge in [-0.3, -0.25) is 0 Å². The van der Waals surface area contributed by atoms with Crippen LogP contribution in [-0.4, -0.2) is 32.3 Å². The molecule has 0 saturated heterocycles. The molecule has 0 radical (unpaired) electrons. The SMILES string of the molecule is CC(C)CSCC(O)Cc1nc2ccccc2n1C. The van der Waals surface area contributed by atoms with Crippen LogP contribution in [0.2, 0.25) is 0 Å². The van der Waals surface area contributed by atoms with Crippen molar-refractivity contribution in [1.82, 2.24) is 9.55 Å². The van der Waals surface area contributed by atoms with E-state index in [-0.39, 0.29) is 6.10 Å². The summed E-state index contributed by atoms with van der Waals surface area (Å²) in [6, 6.07) is 8.08. The molecule has 4 heteroatoms. The fraction of sp³-hybridized carbons (Fsp3) is 0.533. The minimum Gasteiger partial charge on any atom is -0.392 e. The molecule has 0 amide bonds. The van der Waals surface area contributed by atoms with Gasteiger partial charge in [-0.2, -0.15) is 11.8 Å². The van der Waals surface area contributed by atoms with E-state index in [4.69, 9.17) is 0 Å². The second kappa shape index (κ2) is 6.44. The average molecular weight is 278 g/mol. The van der Waals surface area contributed by atoms with Gasteiger partial charge in [0.15, 0.2) is 0 Å². The fourth-order valence-electron chi connectivity index (χ4n) is 2.09. The third-order valence-electron chi connectivity index (χ3n) is 3.06. The number of aromatic nitrogens is 2. The number of hydrogen-bond acceptors (Lipinski definition) is 3. The van der Waals surface area contributed by atoms with Gasteiger partial charge in [-0.05, 0) is 23.8 Å². The van der Waals surface area contributed by atoms with E-state index in [0.717, 1.165) is 28.4 Å². The number of aliphatic hydroxyl groups is 1. The number of imidazole rings is 1. The van der Waals surface area contributed by atoms with E-state index in [1.807, 2.05) is 37.0 Å². The summed E-state index contributed by atoms with van der Waals surface area (Å²) in [6.45, 7) is 4.40. The van der Waals surface area contributed by atoms with E-state index >= 15 is 0 Å². The number of nitrogens with zero attached hydrogens (tertiary/aromatic N) is 2. The molecule has 104 valence electrons. The third-order valence-corrected chi connectivity index (χ3v) is 4.58. The highest BCUT2D eigenvalue weighted by molar-refractivity contribution is 7.99. The molecule has 0 saturated carbocycles. The Labute approximate surface area is 119 Å². The number of thioether (sulfide) groups is 1. The van der Waals surface area contributed by atoms with Crippen molar-refractivity contribution in [1.29, 1.82) is 0 Å². The molecule has 0 fully saturated rings. The normalized spacial score (nSPS) is 13.3. The van der Waals surface area contributed by atoms with Gasteiger partial charge in [-0.1, -0.05) is 26.0 Å². The summed E-state index contributed by atoms with van der Waals surface area (Å²) >= 11 is 1.81. The van der Waals surface area contributed by atoms with E-state index in [9.17, 15) is 5.11 Å². The van der Waals surface area contributed by atoms with Crippen LogP contribution in [0.4, 0.5) is 0 Å². The molecular formula is C15H22N2OS. The van der Waals surface area contributed by atoms with Gasteiger partial charge in [0, 0.05) is 19.2 Å². The van der Waals surface area contributed by atoms with Gasteiger partial charge < -0.3 is 9.67 Å². The van der Waals surface area contributed by atoms with E-state index in [1.165, 1.54) is 0 Å². The molecule has 1 N–H and O–H groups in total. The molecule has 0 aliphatic heterocycles. The zero-order valence-electron chi connectivity index (χ0n) is 11.8. The molecule has 1 atom stereocenters. The lowest BCUT2D eigenvalue weighted by molar-refractivity contribution is 0.196. The highest BCUT2D eigenvalue weighted by atomic mass is 32.2. The van der Waals surface area contributed by atoms with Crippen LogP contribution < -0.4 is 0 Å². The molecule has 0 aliphatic carbocycles. The Morgan fingerprint density at radius 1 is 1.26 bits per heavy atom. The summed E-state index contributed by atoms with van der Waals surface area (Å²) in [5, 5.41) is 10.1. The number of hydrogen-bond donors (Lipinski definition) is 1. The third kappa shape index (κ3) is 3.74. The number of aliphatic hydroxyl groups excluding tert-OH is 1. The van der Waals surface area contributed by atoms with E-state index in [1.54, 1.807) is 0 Å². The zero-order valence-corrected chi connectivity index (χ0v) is 12.7. The first-order valence-corrected chi connectivity index (χ1v) is 7.89. The molecule has 2 rings (SSSR count). The van der Waals surface area contributed by atoms with Gasteiger partial charge in [0.2, 0.25) is 0 Å². The maximum atomic E-state index is 10.1. The fourth-order valence-corrected chi connectivity index (χ4v) is 3.08. The molecule has 19 heavy (non-hydrogen) atoms. The molecule has 1 aromatic heterocycles. The van der Waals surface area contributed by atoms with Gasteiger partial charge in [0.05, 0.1) is 17.1 Å². The molecule has 1 unspecified atom stereocenters. The van der Waals surface area contributed by atoms with Crippen molar-refractivity contribution in [2.45, 2.75) is 26.4 Å². The number of fused-ring (bicyclic) bond motifs is 1. The van der Waals surface area contributed by atoms with Crippen LogP contribution in [0.5, 0.6) is 0 Å². The maximum absolute atomic E-state index is 10.1. The Hall–Kier alpha value is -1.00. The Morgan fingerprint density at radius 3 is 2.68 bits per heavy atom. The van der Waals surface area contributed by atoms with E-state index in [0.29, 0.717) is 12.3 Å². The Kier molecular flexibility index (Phi) is 4.88. The van der Waals surface area contributed by atoms with Crippen molar-refractivity contribution >= 4 is 22.8 Å². The standard InChI is InChI=1S/C15H22N2OS/c1-11(2)9-19-10-12(18)8-15-16-13-6-4-5-7-14(13)17(15)3/h4-7,11-12,18H,8-10H2,1-3H3. The van der Waals surface area contributed by atoms with Gasteiger partial charge in [0.1, 0.15) is 5.82 Å². The van der Waals surface area contributed by atoms with Gasteiger partial charge >= 0.3 is 0 Å². The molecule has 2 aromatic rings. The summed E-state index contributed by atoms with van der Waals surface area (Å²) in [5.74, 6) is 3.51. The Morgan fingerprint density at radius 2 is 2.00 bits per heavy atom. The number of para-hydroxylation sites is 2. The smallest absolute Gasteiger partial charge is 0.112 e. The van der Waals surface area contributed by atoms with Crippen LogP contribution in [0.3, 0.4) is 0 Å². The molecule has 1 heterocycles. The molecule has 3 nitrogen and oxygen atoms in total. The molecule has 0 spiro atoms. The van der Waals surface area contributed by atoms with Gasteiger partial charge in [-0.25, -0.2) is 4.98 Å². The molecule has 0 bridgehead atoms. The molecule has 0 aliphatic rings. The van der Waals surface area contributed by atoms with Crippen LogP contribution in [0.25, 0.3) is 11.0 Å². The second-order valence-electron chi connectivity index (χ2n) is 5.37. The van der Waals surface area contributed by atoms with E-state index in [2.05, 4.69) is 29.5 Å². The average Bonchev–Trinajstić information content (AvgIpc) is 2.66. The highest BCUT2D eigenvalue weighted by Gasteiger charge is 2.12. The molecule has 1 aromatic carbocycles. The predicted molar refractivity (Wildman–Crippen MR) is 82.6 cm³/mol. The van der Waals surface area contributed by atoms with Crippen LogP contribution in [-0.2, 0) is 13.5 Å². The van der Waals surface area contributed by atoms with Crippen molar-refractivity contribution in [3.63, 3.8) is 0 Å². The quantitative estimate of drug-likeness (QED) is 0.883. The maximum Gasteiger partial charge on any atom is 0.112 e. The monoisotopic (exact) mass is 278 g/mol. The van der Waals surface area contributed by atoms with Crippen LogP contribution in [0, 0.1) is 5.92 Å². The lowest BCUT2D eigenvalue weighted by atomic mass is 10.3. The summed E-state index contributed by atoms with van der Waals surface area (Å²) < 4.78 is 2.08. The predicted octanol–water partition coefficient (Wildman–Crippen LogP) is 2.87. The number of rotatable bonds is 6. The van der Waals surface area contributed by atoms with Crippen LogP contribution in [0.15, 0.2) is 24.3 Å². The lowest BCUT2D eigenvalue weighted by Gasteiger charge is -2.11. The zero-order chi connectivity index (χ0) is 13.8. The minimum absolute atomic E-state index is 0.320. The van der Waals surface area contributed by atoms with Crippen LogP contribution in [0.1, 0.15) is 19.7 Å². The highest BCUT2D eigenvalue weighted by Crippen LogP contribution is 2.17. The van der Waals surface area contributed by atoms with Crippen molar-refractivity contribution in [2.24, 2.45) is 13.0 Å². The number of benzene rings is 1. The largest absolute Gasteiger partial charge is 0.392 e. The van der Waals surface area contributed by atoms with Crippen molar-refractivity contribution in [2.75, 3.05) is 11.5 Å². The summed E-state index contributed by atoms with van der Waals surface area (Å²) in [6.07, 6.45) is 0.301. The van der Waals surface area contributed by atoms with Gasteiger partial charge in [-0.15, -0.1) is 0 Å². The van der Waals surface area contributed by atoms with Crippen molar-refractivity contribution in [3.05, 3.63) is 30.1 Å². The first kappa shape index (κ1) is 14.4. The summed E-state index contributed by atoms with van der Waals surface area (Å²) in [4.78, 5) is 4.59. The number of aryl methyl sites for hydroxylation is 1. The van der Waals surface area contributed by atoms with E-state index < -0.39 is 0 Å². The minimum atomic E-state index is -0.320. The lowest BCUT2D eigenvalue weighted by Crippen LogP contribution is -2.17.